The molecular formula is C12H23N. The molecule has 1 nitrogen and oxygen atoms in total. The standard InChI is InChI=1S/C12H23N/c1-7-10(3)13-11(8-2)9-12(4,5)6/h7H,8-9H2,1-6H3/b10-7-,13-11?. The summed E-state index contributed by atoms with van der Waals surface area (Å²) in [5, 5.41) is 0. The van der Waals surface area contributed by atoms with Gasteiger partial charge in [-0.25, -0.2) is 0 Å². The lowest BCUT2D eigenvalue weighted by Crippen LogP contribution is -2.12. The molecule has 0 saturated carbocycles. The summed E-state index contributed by atoms with van der Waals surface area (Å²) >= 11 is 0. The fourth-order valence-electron chi connectivity index (χ4n) is 1.17. The number of allylic oxidation sites excluding steroid dienone is 2. The molecule has 0 aromatic heterocycles. The Kier molecular flexibility index (Phi) is 4.97. The van der Waals surface area contributed by atoms with Crippen molar-refractivity contribution in [3.63, 3.8) is 0 Å². The highest BCUT2D eigenvalue weighted by atomic mass is 14.7. The molecule has 76 valence electrons. The number of aliphatic imine (C=N–C) groups is 1. The van der Waals surface area contributed by atoms with Crippen molar-refractivity contribution in [1.29, 1.82) is 0 Å². The van der Waals surface area contributed by atoms with Crippen LogP contribution >= 0.6 is 0 Å². The zero-order valence-corrected chi connectivity index (χ0v) is 9.94. The molecule has 0 rings (SSSR count). The van der Waals surface area contributed by atoms with E-state index in [1.807, 2.05) is 6.92 Å². The SMILES string of the molecule is C/C=C(/C)N=C(CC)CC(C)(C)C. The van der Waals surface area contributed by atoms with E-state index in [9.17, 15) is 0 Å². The van der Waals surface area contributed by atoms with Crippen LogP contribution in [-0.4, -0.2) is 5.71 Å². The smallest absolute Gasteiger partial charge is 0.0329 e. The van der Waals surface area contributed by atoms with Crippen LogP contribution in [0.2, 0.25) is 0 Å². The van der Waals surface area contributed by atoms with Gasteiger partial charge in [-0.05, 0) is 32.1 Å². The van der Waals surface area contributed by atoms with Crippen molar-refractivity contribution >= 4 is 5.71 Å². The average molecular weight is 181 g/mol. The van der Waals surface area contributed by atoms with E-state index in [2.05, 4.69) is 45.7 Å². The molecule has 0 saturated heterocycles. The first kappa shape index (κ1) is 12.4. The lowest BCUT2D eigenvalue weighted by molar-refractivity contribution is 0.431. The third-order valence-corrected chi connectivity index (χ3v) is 1.89. The summed E-state index contributed by atoms with van der Waals surface area (Å²) in [4.78, 5) is 4.58. The fraction of sp³-hybridized carbons (Fsp3) is 0.750. The highest BCUT2D eigenvalue weighted by molar-refractivity contribution is 5.85. The van der Waals surface area contributed by atoms with Gasteiger partial charge in [0.1, 0.15) is 0 Å². The number of hydrogen-bond donors (Lipinski definition) is 0. The Morgan fingerprint density at radius 3 is 2.15 bits per heavy atom. The number of hydrogen-bond acceptors (Lipinski definition) is 1. The number of nitrogens with zero attached hydrogens (tertiary/aromatic N) is 1. The molecule has 0 amide bonds. The summed E-state index contributed by atoms with van der Waals surface area (Å²) in [6, 6.07) is 0. The molecule has 1 heteroatoms. The van der Waals surface area contributed by atoms with E-state index in [4.69, 9.17) is 0 Å². The molecule has 0 unspecified atom stereocenters. The topological polar surface area (TPSA) is 12.4 Å². The second kappa shape index (κ2) is 5.21. The summed E-state index contributed by atoms with van der Waals surface area (Å²) in [5.41, 5.74) is 2.78. The zero-order valence-electron chi connectivity index (χ0n) is 9.94. The summed E-state index contributed by atoms with van der Waals surface area (Å²) in [6.07, 6.45) is 4.20. The van der Waals surface area contributed by atoms with Gasteiger partial charge in [0.2, 0.25) is 0 Å². The van der Waals surface area contributed by atoms with Gasteiger partial charge < -0.3 is 0 Å². The Balaban J connectivity index is 4.44. The van der Waals surface area contributed by atoms with E-state index in [-0.39, 0.29) is 0 Å². The molecule has 0 aliphatic carbocycles. The van der Waals surface area contributed by atoms with Crippen LogP contribution in [0.4, 0.5) is 0 Å². The molecular weight excluding hydrogens is 158 g/mol. The van der Waals surface area contributed by atoms with Crippen LogP contribution in [0.3, 0.4) is 0 Å². The van der Waals surface area contributed by atoms with Crippen molar-refractivity contribution in [3.8, 4) is 0 Å². The second-order valence-electron chi connectivity index (χ2n) is 4.70. The van der Waals surface area contributed by atoms with Gasteiger partial charge in [-0.2, -0.15) is 0 Å². The summed E-state index contributed by atoms with van der Waals surface area (Å²) < 4.78 is 0. The Labute approximate surface area is 83.0 Å². The predicted octanol–water partition coefficient (Wildman–Crippen LogP) is 4.20. The Bertz CT molecular complexity index is 204. The fourth-order valence-corrected chi connectivity index (χ4v) is 1.17. The predicted molar refractivity (Wildman–Crippen MR) is 61.2 cm³/mol. The molecule has 0 atom stereocenters. The third-order valence-electron chi connectivity index (χ3n) is 1.89. The normalized spacial score (nSPS) is 14.9. The molecule has 0 aliphatic rings. The molecule has 0 aliphatic heterocycles. The first-order chi connectivity index (χ1) is 5.89. The highest BCUT2D eigenvalue weighted by Gasteiger charge is 2.12. The molecule has 0 radical (unpaired) electrons. The molecule has 0 aromatic carbocycles. The van der Waals surface area contributed by atoms with Crippen LogP contribution in [-0.2, 0) is 0 Å². The van der Waals surface area contributed by atoms with Gasteiger partial charge in [0.25, 0.3) is 0 Å². The molecule has 0 heterocycles. The van der Waals surface area contributed by atoms with Gasteiger partial charge in [0, 0.05) is 11.4 Å². The molecule has 0 aromatic rings. The van der Waals surface area contributed by atoms with Gasteiger partial charge in [0.05, 0.1) is 0 Å². The van der Waals surface area contributed by atoms with E-state index in [0.717, 1.165) is 18.5 Å². The maximum Gasteiger partial charge on any atom is 0.0329 e. The summed E-state index contributed by atoms with van der Waals surface area (Å²) in [7, 11) is 0. The largest absolute Gasteiger partial charge is 0.263 e. The van der Waals surface area contributed by atoms with E-state index >= 15 is 0 Å². The van der Waals surface area contributed by atoms with Gasteiger partial charge in [-0.15, -0.1) is 0 Å². The van der Waals surface area contributed by atoms with Gasteiger partial charge in [-0.1, -0.05) is 33.8 Å². The van der Waals surface area contributed by atoms with E-state index < -0.39 is 0 Å². The second-order valence-corrected chi connectivity index (χ2v) is 4.70. The maximum absolute atomic E-state index is 4.58. The van der Waals surface area contributed by atoms with Crippen LogP contribution in [0.15, 0.2) is 16.8 Å². The van der Waals surface area contributed by atoms with E-state index in [1.54, 1.807) is 0 Å². The van der Waals surface area contributed by atoms with Crippen LogP contribution in [0.1, 0.15) is 54.4 Å². The third kappa shape index (κ3) is 6.56. The van der Waals surface area contributed by atoms with Crippen molar-refractivity contribution < 1.29 is 0 Å². The van der Waals surface area contributed by atoms with Gasteiger partial charge in [0.15, 0.2) is 0 Å². The minimum absolute atomic E-state index is 0.350. The lowest BCUT2D eigenvalue weighted by Gasteiger charge is -2.18. The van der Waals surface area contributed by atoms with E-state index in [1.165, 1.54) is 5.71 Å². The lowest BCUT2D eigenvalue weighted by atomic mass is 9.89. The quantitative estimate of drug-likeness (QED) is 0.579. The molecule has 0 spiro atoms. The monoisotopic (exact) mass is 181 g/mol. The van der Waals surface area contributed by atoms with E-state index in [0.29, 0.717) is 5.41 Å². The van der Waals surface area contributed by atoms with Crippen LogP contribution in [0.5, 0.6) is 0 Å². The van der Waals surface area contributed by atoms with Crippen molar-refractivity contribution in [2.45, 2.75) is 54.4 Å². The molecule has 0 N–H and O–H groups in total. The molecule has 0 fully saturated rings. The molecule has 13 heavy (non-hydrogen) atoms. The van der Waals surface area contributed by atoms with Gasteiger partial charge >= 0.3 is 0 Å². The Hall–Kier alpha value is -0.590. The van der Waals surface area contributed by atoms with Crippen molar-refractivity contribution in [3.05, 3.63) is 11.8 Å². The maximum atomic E-state index is 4.58. The minimum atomic E-state index is 0.350. The first-order valence-electron chi connectivity index (χ1n) is 5.08. The number of rotatable bonds is 3. The zero-order chi connectivity index (χ0) is 10.5. The van der Waals surface area contributed by atoms with Crippen molar-refractivity contribution in [2.24, 2.45) is 10.4 Å². The summed E-state index contributed by atoms with van der Waals surface area (Å²) in [5.74, 6) is 0. The summed E-state index contributed by atoms with van der Waals surface area (Å²) in [6.45, 7) is 13.0. The highest BCUT2D eigenvalue weighted by Crippen LogP contribution is 2.20. The average Bonchev–Trinajstić information content (AvgIpc) is 2.00. The minimum Gasteiger partial charge on any atom is -0.263 e. The van der Waals surface area contributed by atoms with Gasteiger partial charge in [-0.3, -0.25) is 4.99 Å². The van der Waals surface area contributed by atoms with Crippen LogP contribution in [0, 0.1) is 5.41 Å². The van der Waals surface area contributed by atoms with Crippen molar-refractivity contribution in [2.75, 3.05) is 0 Å². The van der Waals surface area contributed by atoms with Crippen LogP contribution < -0.4 is 0 Å². The van der Waals surface area contributed by atoms with Crippen LogP contribution in [0.25, 0.3) is 0 Å². The molecule has 0 bridgehead atoms. The Morgan fingerprint density at radius 2 is 1.85 bits per heavy atom. The Morgan fingerprint density at radius 1 is 1.31 bits per heavy atom. The first-order valence-corrected chi connectivity index (χ1v) is 5.08. The van der Waals surface area contributed by atoms with Crippen molar-refractivity contribution in [1.82, 2.24) is 0 Å².